The number of nitrogens with zero attached hydrogens (tertiary/aromatic N) is 5. The van der Waals surface area contributed by atoms with E-state index in [1.54, 1.807) is 39.3 Å². The Morgan fingerprint density at radius 3 is 2.57 bits per heavy atom. The molecule has 2 fully saturated rings. The molecule has 4 atom stereocenters. The zero-order chi connectivity index (χ0) is 46.9. The number of pyridine rings is 1. The number of hydrogen-bond donors (Lipinski definition) is 3. The first-order valence-electron chi connectivity index (χ1n) is 22.2. The average Bonchev–Trinajstić information content (AvgIpc) is 3.55. The number of aromatic nitrogens is 2. The zero-order valence-corrected chi connectivity index (χ0v) is 38.8. The van der Waals surface area contributed by atoms with Crippen molar-refractivity contribution in [1.29, 1.82) is 0 Å². The van der Waals surface area contributed by atoms with E-state index in [1.165, 1.54) is 17.0 Å². The average molecular weight is 916 g/mol. The first-order chi connectivity index (χ1) is 30.9. The van der Waals surface area contributed by atoms with Crippen molar-refractivity contribution in [2.75, 3.05) is 40.4 Å². The number of benzene rings is 2. The minimum atomic E-state index is -2.21. The van der Waals surface area contributed by atoms with Gasteiger partial charge < -0.3 is 34.3 Å². The van der Waals surface area contributed by atoms with Gasteiger partial charge in [-0.15, -0.1) is 0 Å². The van der Waals surface area contributed by atoms with Crippen LogP contribution in [0.4, 0.5) is 4.39 Å². The van der Waals surface area contributed by atoms with E-state index in [1.807, 2.05) is 24.3 Å². The lowest BCUT2D eigenvalue weighted by molar-refractivity contribution is -0.155. The number of phenols is 1. The third-order valence-corrected chi connectivity index (χ3v) is 12.9. The van der Waals surface area contributed by atoms with Crippen molar-refractivity contribution in [3.63, 3.8) is 0 Å². The van der Waals surface area contributed by atoms with Gasteiger partial charge in [-0.2, -0.15) is 0 Å². The second kappa shape index (κ2) is 19.5. The number of hydrazine groups is 1. The summed E-state index contributed by atoms with van der Waals surface area (Å²) in [5.41, 5.74) is 7.11. The number of likely N-dealkylation sites (N-methyl/N-ethyl adjacent to an activating group) is 1. The summed E-state index contributed by atoms with van der Waals surface area (Å²) in [6.45, 7) is 11.0. The molecule has 5 heterocycles. The number of fused-ring (bicyclic) bond motifs is 6. The van der Waals surface area contributed by atoms with Crippen molar-refractivity contribution in [2.24, 2.45) is 17.3 Å². The van der Waals surface area contributed by atoms with Crippen LogP contribution >= 0.6 is 11.6 Å². The van der Waals surface area contributed by atoms with Crippen LogP contribution in [0.25, 0.3) is 33.3 Å². The van der Waals surface area contributed by atoms with E-state index >= 15 is 0 Å². The third-order valence-electron chi connectivity index (χ3n) is 12.7. The van der Waals surface area contributed by atoms with Gasteiger partial charge in [-0.25, -0.2) is 9.82 Å². The number of amides is 4. The number of nitrogens with one attached hydrogen (secondary N) is 2. The Hall–Kier alpha value is -5.58. The summed E-state index contributed by atoms with van der Waals surface area (Å²) in [5.74, 6) is -4.07. The van der Waals surface area contributed by atoms with Crippen molar-refractivity contribution < 1.29 is 42.9 Å². The lowest BCUT2D eigenvalue weighted by Crippen LogP contribution is -2.63. The smallest absolute Gasteiger partial charge is 0.324 e. The number of methoxy groups -OCH3 is 1. The molecule has 2 aromatic heterocycles. The number of ether oxygens (including phenoxy) is 2. The molecule has 348 valence electrons. The number of halogens is 2. The molecule has 65 heavy (non-hydrogen) atoms. The fraction of sp³-hybridized carbons (Fsp3) is 0.500. The first-order valence-corrected chi connectivity index (χ1v) is 22.6. The Bertz CT molecular complexity index is 2470. The van der Waals surface area contributed by atoms with Crippen molar-refractivity contribution in [1.82, 2.24) is 35.1 Å². The molecule has 2 aromatic carbocycles. The molecule has 3 aliphatic heterocycles. The van der Waals surface area contributed by atoms with Crippen LogP contribution in [0.5, 0.6) is 5.75 Å². The maximum atomic E-state index is 14.6. The van der Waals surface area contributed by atoms with E-state index in [2.05, 4.69) is 48.2 Å². The molecule has 0 radical (unpaired) electrons. The van der Waals surface area contributed by atoms with E-state index in [4.69, 9.17) is 26.1 Å². The fourth-order valence-corrected chi connectivity index (χ4v) is 9.62. The fourth-order valence-electron chi connectivity index (χ4n) is 9.48. The van der Waals surface area contributed by atoms with E-state index in [0.29, 0.717) is 43.5 Å². The Labute approximate surface area is 383 Å². The minimum Gasteiger partial charge on any atom is -0.508 e. The summed E-state index contributed by atoms with van der Waals surface area (Å²) in [4.78, 5) is 75.7. The van der Waals surface area contributed by atoms with E-state index in [9.17, 15) is 33.5 Å². The Kier molecular flexibility index (Phi) is 14.2. The molecule has 6 bridgehead atoms. The van der Waals surface area contributed by atoms with Crippen LogP contribution < -0.4 is 10.7 Å². The number of hydrogen-bond acceptors (Lipinski definition) is 10. The molecular weight excluding hydrogens is 857 g/mol. The number of esters is 1. The van der Waals surface area contributed by atoms with Gasteiger partial charge in [0.25, 0.3) is 17.4 Å². The van der Waals surface area contributed by atoms with Crippen LogP contribution in [0.15, 0.2) is 54.7 Å². The zero-order valence-electron chi connectivity index (χ0n) is 38.0. The van der Waals surface area contributed by atoms with Gasteiger partial charge in [-0.1, -0.05) is 51.4 Å². The van der Waals surface area contributed by atoms with Gasteiger partial charge in [0.2, 0.25) is 11.8 Å². The molecule has 4 amide bonds. The number of aromatic hydroxyl groups is 1. The van der Waals surface area contributed by atoms with Gasteiger partial charge in [0.1, 0.15) is 23.9 Å². The maximum Gasteiger partial charge on any atom is 0.324 e. The monoisotopic (exact) mass is 915 g/mol. The quantitative estimate of drug-likeness (QED) is 0.139. The lowest BCUT2D eigenvalue weighted by atomic mass is 9.84. The number of phenolic OH excluding ortho intramolecular Hbond substituents is 1. The Morgan fingerprint density at radius 2 is 1.88 bits per heavy atom. The molecule has 17 heteroatoms. The van der Waals surface area contributed by atoms with Crippen LogP contribution in [0.1, 0.15) is 64.3 Å². The van der Waals surface area contributed by atoms with Crippen LogP contribution in [-0.2, 0) is 59.4 Å². The van der Waals surface area contributed by atoms with E-state index in [-0.39, 0.29) is 38.4 Å². The molecule has 2 saturated heterocycles. The molecule has 3 N–H and O–H groups in total. The number of likely N-dealkylation sites (tertiary alicyclic amines) is 1. The molecule has 0 aliphatic carbocycles. The molecule has 4 aromatic rings. The van der Waals surface area contributed by atoms with Crippen molar-refractivity contribution in [3.8, 4) is 28.1 Å². The highest BCUT2D eigenvalue weighted by atomic mass is 35.5. The molecule has 3 aliphatic rings. The van der Waals surface area contributed by atoms with Gasteiger partial charge in [-0.3, -0.25) is 34.0 Å². The number of carbonyl (C=O) groups excluding carboxylic acids is 5. The summed E-state index contributed by atoms with van der Waals surface area (Å²) in [7, 11) is 3.13. The number of cyclic esters (lactones) is 1. The predicted molar refractivity (Wildman–Crippen MR) is 243 cm³/mol. The summed E-state index contributed by atoms with van der Waals surface area (Å²) in [5, 5.41) is 16.5. The van der Waals surface area contributed by atoms with Crippen LogP contribution in [0, 0.1) is 17.3 Å². The van der Waals surface area contributed by atoms with Crippen LogP contribution in [0.3, 0.4) is 0 Å². The second-order valence-electron chi connectivity index (χ2n) is 18.5. The van der Waals surface area contributed by atoms with Gasteiger partial charge >= 0.3 is 5.97 Å². The molecular formula is C48H59ClFN7O8. The van der Waals surface area contributed by atoms with Gasteiger partial charge in [0.05, 0.1) is 30.5 Å². The third kappa shape index (κ3) is 9.99. The predicted octanol–water partition coefficient (Wildman–Crippen LogP) is 5.37. The topological polar surface area (TPSA) is 176 Å². The number of alkyl halides is 2. The van der Waals surface area contributed by atoms with Crippen molar-refractivity contribution in [3.05, 3.63) is 71.5 Å². The van der Waals surface area contributed by atoms with Crippen molar-refractivity contribution in [2.45, 2.75) is 97.2 Å². The molecule has 0 unspecified atom stereocenters. The lowest BCUT2D eigenvalue weighted by Gasteiger charge is -2.42. The standard InChI is InChI=1S/C48H59ClFN7O8/c1-8-56-39-14-13-29-21-34(39)35(41(56)33-11-9-15-51-38(33)25-64-7)22-48(4,5)26-65-47(63)36-12-10-16-57(53-36)45(61)37(19-28-17-30(29)20-32(58)18-28)52-43(59)40(27(2)3)54(6)44(60)31-23-55(24-31)46(62)42(49)50/h9,11,13-15,17-18,20-21,27,31,36-37,40,42,53,58H,8,10,12,16,19,22-26H2,1-7H3,(H,52,59)/t36-,37-,40-,42-/m0/s1. The summed E-state index contributed by atoms with van der Waals surface area (Å²) >= 11 is 5.33. The van der Waals surface area contributed by atoms with E-state index in [0.717, 1.165) is 43.9 Å². The Morgan fingerprint density at radius 1 is 1.12 bits per heavy atom. The normalized spacial score (nSPS) is 20.2. The minimum absolute atomic E-state index is 0.0378. The SMILES string of the molecule is CCn1c(-c2cccnc2COC)c2c3cc(ccc31)-c1cc(O)cc(c1)C[C@H](NC(=O)[C@H](C(C)C)N(C)C(=O)C1CN(C(=O)[C@H](F)Cl)C1)C(=O)N1CCC[C@H](N1)C(=O)OCC(C)(C)C2. The molecule has 0 saturated carbocycles. The summed E-state index contributed by atoms with van der Waals surface area (Å²) in [6, 6.07) is 12.1. The van der Waals surface area contributed by atoms with Crippen molar-refractivity contribution >= 4 is 52.1 Å². The summed E-state index contributed by atoms with van der Waals surface area (Å²) in [6.07, 6.45) is 3.13. The second-order valence-corrected chi connectivity index (χ2v) is 18.9. The molecule has 7 rings (SSSR count). The largest absolute Gasteiger partial charge is 0.508 e. The molecule has 0 spiro atoms. The van der Waals surface area contributed by atoms with Gasteiger partial charge in [-0.05, 0) is 90.8 Å². The van der Waals surface area contributed by atoms with Crippen LogP contribution in [0.2, 0.25) is 0 Å². The van der Waals surface area contributed by atoms with Crippen LogP contribution in [-0.4, -0.2) is 123 Å². The molecule has 15 nitrogen and oxygen atoms in total. The first kappa shape index (κ1) is 47.4. The van der Waals surface area contributed by atoms with E-state index < -0.39 is 70.6 Å². The van der Waals surface area contributed by atoms with Gasteiger partial charge in [0.15, 0.2) is 0 Å². The highest BCUT2D eigenvalue weighted by molar-refractivity contribution is 6.29. The highest BCUT2D eigenvalue weighted by Gasteiger charge is 2.43. The highest BCUT2D eigenvalue weighted by Crippen LogP contribution is 2.41. The number of carbonyl (C=O) groups is 5. The summed E-state index contributed by atoms with van der Waals surface area (Å²) < 4.78 is 27.4. The number of aryl methyl sites for hydroxylation is 1. The Balaban J connectivity index is 1.29. The number of rotatable bonds is 10. The maximum absolute atomic E-state index is 14.6. The van der Waals surface area contributed by atoms with Gasteiger partial charge in [0, 0.05) is 74.8 Å².